The van der Waals surface area contributed by atoms with Crippen LogP contribution < -0.4 is 5.32 Å². The van der Waals surface area contributed by atoms with Gasteiger partial charge in [0.2, 0.25) is 0 Å². The minimum Gasteiger partial charge on any atom is -0.310 e. The zero-order valence-electron chi connectivity index (χ0n) is 10.8. The monoisotopic (exact) mass is 307 g/mol. The number of hydrogen-bond donors (Lipinski definition) is 1. The van der Waals surface area contributed by atoms with Crippen LogP contribution in [0, 0.1) is 0 Å². The van der Waals surface area contributed by atoms with Crippen molar-refractivity contribution in [3.05, 3.63) is 35.4 Å². The van der Waals surface area contributed by atoms with Gasteiger partial charge >= 0.3 is 6.18 Å². The molecule has 1 fully saturated rings. The van der Waals surface area contributed by atoms with Crippen LogP contribution in [0.15, 0.2) is 24.3 Å². The molecule has 1 aromatic carbocycles. The Morgan fingerprint density at radius 1 is 1.20 bits per heavy atom. The molecular weight excluding hydrogens is 291 g/mol. The molecule has 0 saturated carbocycles. The van der Waals surface area contributed by atoms with E-state index in [-0.39, 0.29) is 17.5 Å². The Balaban J connectivity index is 1.92. The fourth-order valence-corrected chi connectivity index (χ4v) is 3.71. The number of nitrogens with one attached hydrogen (secondary N) is 1. The lowest BCUT2D eigenvalue weighted by molar-refractivity contribution is -0.137. The normalized spacial score (nSPS) is 19.9. The van der Waals surface area contributed by atoms with Gasteiger partial charge in [0, 0.05) is 12.6 Å². The summed E-state index contributed by atoms with van der Waals surface area (Å²) < 4.78 is 60.2. The van der Waals surface area contributed by atoms with Crippen molar-refractivity contribution in [3.63, 3.8) is 0 Å². The zero-order valence-corrected chi connectivity index (χ0v) is 11.6. The Labute approximate surface area is 116 Å². The van der Waals surface area contributed by atoms with E-state index in [9.17, 15) is 21.6 Å². The Hall–Kier alpha value is -1.08. The summed E-state index contributed by atoms with van der Waals surface area (Å²) in [4.78, 5) is 0. The molecule has 0 bridgehead atoms. The maximum absolute atomic E-state index is 12.6. The lowest BCUT2D eigenvalue weighted by Gasteiger charge is -2.23. The average molecular weight is 307 g/mol. The second kappa shape index (κ2) is 5.73. The minimum atomic E-state index is -4.34. The maximum Gasteiger partial charge on any atom is 0.416 e. The van der Waals surface area contributed by atoms with Gasteiger partial charge in [-0.15, -0.1) is 0 Å². The summed E-state index contributed by atoms with van der Waals surface area (Å²) in [7, 11) is -2.91. The molecule has 0 spiro atoms. The maximum atomic E-state index is 12.6. The van der Waals surface area contributed by atoms with E-state index in [0.29, 0.717) is 24.9 Å². The summed E-state index contributed by atoms with van der Waals surface area (Å²) >= 11 is 0. The third-order valence-corrected chi connectivity index (χ3v) is 5.12. The third kappa shape index (κ3) is 4.21. The molecule has 1 saturated heterocycles. The minimum absolute atomic E-state index is 0.0491. The first-order valence-electron chi connectivity index (χ1n) is 6.36. The lowest BCUT2D eigenvalue weighted by atomic mass is 10.1. The lowest BCUT2D eigenvalue weighted by Crippen LogP contribution is -2.37. The summed E-state index contributed by atoms with van der Waals surface area (Å²) in [5.41, 5.74) is -0.115. The van der Waals surface area contributed by atoms with Gasteiger partial charge in [-0.2, -0.15) is 13.2 Å². The van der Waals surface area contributed by atoms with Crippen LogP contribution in [0.3, 0.4) is 0 Å². The van der Waals surface area contributed by atoms with E-state index in [1.54, 1.807) is 6.07 Å². The second-order valence-electron chi connectivity index (χ2n) is 5.01. The number of halogens is 3. The second-order valence-corrected chi connectivity index (χ2v) is 7.31. The first-order chi connectivity index (χ1) is 9.26. The molecule has 3 nitrogen and oxygen atoms in total. The highest BCUT2D eigenvalue weighted by atomic mass is 32.2. The molecule has 1 N–H and O–H groups in total. The molecule has 2 rings (SSSR count). The molecule has 0 unspecified atom stereocenters. The van der Waals surface area contributed by atoms with E-state index >= 15 is 0 Å². The van der Waals surface area contributed by atoms with Gasteiger partial charge in [0.15, 0.2) is 0 Å². The number of alkyl halides is 3. The molecule has 1 aromatic rings. The molecule has 0 radical (unpaired) electrons. The van der Waals surface area contributed by atoms with Crippen LogP contribution in [0.25, 0.3) is 0 Å². The van der Waals surface area contributed by atoms with Crippen molar-refractivity contribution < 1.29 is 21.6 Å². The van der Waals surface area contributed by atoms with Crippen molar-refractivity contribution in [1.82, 2.24) is 5.32 Å². The molecule has 0 aromatic heterocycles. The first kappa shape index (κ1) is 15.3. The van der Waals surface area contributed by atoms with E-state index in [1.165, 1.54) is 6.07 Å². The van der Waals surface area contributed by atoms with Gasteiger partial charge in [-0.1, -0.05) is 18.2 Å². The van der Waals surface area contributed by atoms with Gasteiger partial charge < -0.3 is 5.32 Å². The highest BCUT2D eigenvalue weighted by Gasteiger charge is 2.30. The Morgan fingerprint density at radius 2 is 1.85 bits per heavy atom. The summed E-state index contributed by atoms with van der Waals surface area (Å²) in [6, 6.07) is 5.21. The van der Waals surface area contributed by atoms with Gasteiger partial charge in [0.05, 0.1) is 17.1 Å². The highest BCUT2D eigenvalue weighted by Crippen LogP contribution is 2.29. The quantitative estimate of drug-likeness (QED) is 0.932. The third-order valence-electron chi connectivity index (χ3n) is 3.40. The van der Waals surface area contributed by atoms with Gasteiger partial charge in [-0.05, 0) is 24.5 Å². The number of sulfone groups is 1. The Morgan fingerprint density at radius 3 is 2.45 bits per heavy atom. The predicted octanol–water partition coefficient (Wildman–Crippen LogP) is 2.37. The summed E-state index contributed by atoms with van der Waals surface area (Å²) in [6.07, 6.45) is -3.31. The van der Waals surface area contributed by atoms with Crippen molar-refractivity contribution in [2.75, 3.05) is 11.5 Å². The molecule has 0 amide bonds. The van der Waals surface area contributed by atoms with E-state index in [0.717, 1.165) is 12.1 Å². The zero-order chi connectivity index (χ0) is 14.8. The molecule has 7 heteroatoms. The molecular formula is C13H16F3NO2S. The molecule has 0 aliphatic carbocycles. The van der Waals surface area contributed by atoms with Crippen molar-refractivity contribution in [2.24, 2.45) is 0 Å². The topological polar surface area (TPSA) is 46.2 Å². The van der Waals surface area contributed by atoms with E-state index < -0.39 is 21.6 Å². The standard InChI is InChI=1S/C13H16F3NO2S/c14-13(15,16)11-3-1-2-10(8-11)9-17-12-4-6-20(18,19)7-5-12/h1-3,8,12,17H,4-7,9H2. The van der Waals surface area contributed by atoms with E-state index in [2.05, 4.69) is 5.32 Å². The summed E-state index contributed by atoms with van der Waals surface area (Å²) in [5, 5.41) is 3.12. The van der Waals surface area contributed by atoms with Gasteiger partial charge in [0.1, 0.15) is 9.84 Å². The molecule has 1 aliphatic heterocycles. The number of hydrogen-bond acceptors (Lipinski definition) is 3. The van der Waals surface area contributed by atoms with Gasteiger partial charge in [-0.3, -0.25) is 0 Å². The van der Waals surface area contributed by atoms with Crippen LogP contribution in [0.1, 0.15) is 24.0 Å². The SMILES string of the molecule is O=S1(=O)CCC(NCc2cccc(C(F)(F)F)c2)CC1. The van der Waals surface area contributed by atoms with E-state index in [4.69, 9.17) is 0 Å². The van der Waals surface area contributed by atoms with Crippen LogP contribution in [-0.2, 0) is 22.6 Å². The van der Waals surface area contributed by atoms with Crippen molar-refractivity contribution in [2.45, 2.75) is 31.6 Å². The summed E-state index contributed by atoms with van der Waals surface area (Å²) in [6.45, 7) is 0.314. The fourth-order valence-electron chi connectivity index (χ4n) is 2.21. The fraction of sp³-hybridized carbons (Fsp3) is 0.538. The van der Waals surface area contributed by atoms with E-state index in [1.807, 2.05) is 0 Å². The smallest absolute Gasteiger partial charge is 0.310 e. The molecule has 20 heavy (non-hydrogen) atoms. The largest absolute Gasteiger partial charge is 0.416 e. The highest BCUT2D eigenvalue weighted by molar-refractivity contribution is 7.91. The van der Waals surface area contributed by atoms with Crippen LogP contribution in [0.4, 0.5) is 13.2 Å². The predicted molar refractivity (Wildman–Crippen MR) is 70.0 cm³/mol. The number of benzene rings is 1. The van der Waals surface area contributed by atoms with Crippen LogP contribution in [0.5, 0.6) is 0 Å². The first-order valence-corrected chi connectivity index (χ1v) is 8.18. The van der Waals surface area contributed by atoms with Crippen LogP contribution in [-0.4, -0.2) is 26.0 Å². The Kier molecular flexibility index (Phi) is 4.39. The van der Waals surface area contributed by atoms with Crippen LogP contribution >= 0.6 is 0 Å². The van der Waals surface area contributed by atoms with Crippen molar-refractivity contribution >= 4 is 9.84 Å². The van der Waals surface area contributed by atoms with Gasteiger partial charge in [0.25, 0.3) is 0 Å². The molecule has 1 aliphatic rings. The van der Waals surface area contributed by atoms with Crippen molar-refractivity contribution in [3.8, 4) is 0 Å². The number of rotatable bonds is 3. The Bertz CT molecular complexity index is 555. The molecule has 1 heterocycles. The molecule has 0 atom stereocenters. The van der Waals surface area contributed by atoms with Crippen LogP contribution in [0.2, 0.25) is 0 Å². The van der Waals surface area contributed by atoms with Gasteiger partial charge in [-0.25, -0.2) is 8.42 Å². The van der Waals surface area contributed by atoms with Crippen molar-refractivity contribution in [1.29, 1.82) is 0 Å². The average Bonchev–Trinajstić information content (AvgIpc) is 2.37. The molecule has 112 valence electrons. The summed E-state index contributed by atoms with van der Waals surface area (Å²) in [5.74, 6) is 0.292.